The first kappa shape index (κ1) is 16.0. The van der Waals surface area contributed by atoms with Crippen LogP contribution in [0.5, 0.6) is 0 Å². The summed E-state index contributed by atoms with van der Waals surface area (Å²) in [4.78, 5) is 14.4. The minimum atomic E-state index is 0.00734. The van der Waals surface area contributed by atoms with Gasteiger partial charge in [0.25, 0.3) is 5.91 Å². The highest BCUT2D eigenvalue weighted by Crippen LogP contribution is 2.27. The molecule has 1 atom stereocenters. The predicted octanol–water partition coefficient (Wildman–Crippen LogP) is 3.85. The molecule has 1 aromatic carbocycles. The largest absolute Gasteiger partial charge is 0.398 e. The van der Waals surface area contributed by atoms with Gasteiger partial charge in [0.1, 0.15) is 0 Å². The molecule has 0 aromatic heterocycles. The Balaban J connectivity index is 3.14. The van der Waals surface area contributed by atoms with E-state index >= 15 is 0 Å². The van der Waals surface area contributed by atoms with Crippen LogP contribution in [-0.2, 0) is 0 Å². The third-order valence-corrected chi connectivity index (χ3v) is 4.26. The van der Waals surface area contributed by atoms with Gasteiger partial charge in [0, 0.05) is 28.8 Å². The predicted molar refractivity (Wildman–Crippen MR) is 84.3 cm³/mol. The van der Waals surface area contributed by atoms with Crippen LogP contribution in [0, 0.1) is 12.3 Å². The molecule has 106 valence electrons. The highest BCUT2D eigenvalue weighted by molar-refractivity contribution is 9.10. The Kier molecular flexibility index (Phi) is 4.67. The Morgan fingerprint density at radius 1 is 1.37 bits per heavy atom. The van der Waals surface area contributed by atoms with Gasteiger partial charge in [-0.25, -0.2) is 0 Å². The summed E-state index contributed by atoms with van der Waals surface area (Å²) in [6.07, 6.45) is 0. The zero-order valence-electron chi connectivity index (χ0n) is 12.5. The van der Waals surface area contributed by atoms with Gasteiger partial charge in [0.05, 0.1) is 0 Å². The molecule has 3 nitrogen and oxygen atoms in total. The lowest BCUT2D eigenvalue weighted by atomic mass is 9.86. The van der Waals surface area contributed by atoms with E-state index in [4.69, 9.17) is 5.73 Å². The molecule has 4 heteroatoms. The van der Waals surface area contributed by atoms with Crippen molar-refractivity contribution in [2.45, 2.75) is 40.7 Å². The number of nitrogens with two attached hydrogens (primary N) is 1. The molecule has 0 aliphatic carbocycles. The normalized spacial score (nSPS) is 13.2. The van der Waals surface area contributed by atoms with Crippen LogP contribution in [0.2, 0.25) is 0 Å². The van der Waals surface area contributed by atoms with Gasteiger partial charge in [-0.1, -0.05) is 36.7 Å². The maximum Gasteiger partial charge on any atom is 0.254 e. The molecule has 0 saturated heterocycles. The maximum absolute atomic E-state index is 12.6. The molecule has 0 aliphatic rings. The van der Waals surface area contributed by atoms with Gasteiger partial charge in [-0.05, 0) is 37.0 Å². The first-order chi connectivity index (χ1) is 8.55. The number of halogens is 1. The molecule has 0 aliphatic heterocycles. The van der Waals surface area contributed by atoms with Crippen LogP contribution in [0.3, 0.4) is 0 Å². The van der Waals surface area contributed by atoms with Gasteiger partial charge in [-0.15, -0.1) is 0 Å². The minimum Gasteiger partial charge on any atom is -0.398 e. The highest BCUT2D eigenvalue weighted by Gasteiger charge is 2.28. The molecule has 0 bridgehead atoms. The minimum absolute atomic E-state index is 0.00734. The summed E-state index contributed by atoms with van der Waals surface area (Å²) in [6, 6.07) is 3.79. The first-order valence-corrected chi connectivity index (χ1v) is 7.17. The fourth-order valence-corrected chi connectivity index (χ4v) is 2.34. The number of carbonyl (C=O) groups excluding carboxylic acids is 1. The Morgan fingerprint density at radius 3 is 2.37 bits per heavy atom. The Bertz CT molecular complexity index is 492. The molecular formula is C15H23BrN2O. The Hall–Kier alpha value is -1.03. The van der Waals surface area contributed by atoms with Crippen LogP contribution in [0.25, 0.3) is 0 Å². The van der Waals surface area contributed by atoms with Crippen molar-refractivity contribution in [2.75, 3.05) is 12.8 Å². The molecule has 0 radical (unpaired) electrons. The van der Waals surface area contributed by atoms with Crippen molar-refractivity contribution >= 4 is 27.5 Å². The van der Waals surface area contributed by atoms with Crippen molar-refractivity contribution < 1.29 is 4.79 Å². The Labute approximate surface area is 124 Å². The summed E-state index contributed by atoms with van der Waals surface area (Å²) in [5.74, 6) is 0.00734. The lowest BCUT2D eigenvalue weighted by molar-refractivity contribution is 0.0628. The van der Waals surface area contributed by atoms with E-state index in [-0.39, 0.29) is 17.4 Å². The number of rotatable bonds is 2. The second kappa shape index (κ2) is 5.53. The number of benzene rings is 1. The van der Waals surface area contributed by atoms with Crippen molar-refractivity contribution in [3.63, 3.8) is 0 Å². The van der Waals surface area contributed by atoms with Crippen LogP contribution in [-0.4, -0.2) is 23.9 Å². The van der Waals surface area contributed by atoms with Gasteiger partial charge < -0.3 is 10.6 Å². The number of nitrogens with zero attached hydrogens (tertiary/aromatic N) is 1. The molecule has 1 amide bonds. The van der Waals surface area contributed by atoms with E-state index in [1.165, 1.54) is 0 Å². The van der Waals surface area contributed by atoms with Crippen molar-refractivity contribution in [2.24, 2.45) is 5.41 Å². The fraction of sp³-hybridized carbons (Fsp3) is 0.533. The van der Waals surface area contributed by atoms with Crippen LogP contribution in [0.4, 0.5) is 5.69 Å². The number of nitrogen functional groups attached to an aromatic ring is 1. The monoisotopic (exact) mass is 326 g/mol. The average molecular weight is 327 g/mol. The summed E-state index contributed by atoms with van der Waals surface area (Å²) in [5.41, 5.74) is 8.08. The van der Waals surface area contributed by atoms with Crippen molar-refractivity contribution in [3.8, 4) is 0 Å². The van der Waals surface area contributed by atoms with Crippen LogP contribution >= 0.6 is 15.9 Å². The number of hydrogen-bond acceptors (Lipinski definition) is 2. The van der Waals surface area contributed by atoms with E-state index in [0.29, 0.717) is 11.3 Å². The van der Waals surface area contributed by atoms with Crippen LogP contribution < -0.4 is 5.73 Å². The third-order valence-electron chi connectivity index (χ3n) is 3.80. The van der Waals surface area contributed by atoms with E-state index in [2.05, 4.69) is 43.6 Å². The van der Waals surface area contributed by atoms with Gasteiger partial charge >= 0.3 is 0 Å². The zero-order chi connectivity index (χ0) is 15.0. The van der Waals surface area contributed by atoms with Gasteiger partial charge in [0.15, 0.2) is 0 Å². The van der Waals surface area contributed by atoms with Gasteiger partial charge in [-0.2, -0.15) is 0 Å². The quantitative estimate of drug-likeness (QED) is 0.839. The van der Waals surface area contributed by atoms with E-state index in [9.17, 15) is 4.79 Å². The molecule has 0 fully saturated rings. The maximum atomic E-state index is 12.6. The summed E-state index contributed by atoms with van der Waals surface area (Å²) in [5, 5.41) is 0. The molecule has 2 N–H and O–H groups in total. The number of anilines is 1. The van der Waals surface area contributed by atoms with E-state index in [1.54, 1.807) is 4.90 Å². The third kappa shape index (κ3) is 3.50. The molecule has 0 saturated carbocycles. The summed E-state index contributed by atoms with van der Waals surface area (Å²) >= 11 is 3.39. The number of amides is 1. The second-order valence-electron chi connectivity index (χ2n) is 6.13. The standard InChI is InChI=1S/C15H23BrN2O/c1-9-12(7-11(16)8-13(9)17)14(19)18(6)10(2)15(3,4)5/h7-8,10H,17H2,1-6H3. The zero-order valence-corrected chi connectivity index (χ0v) is 14.1. The molecular weight excluding hydrogens is 304 g/mol. The van der Waals surface area contributed by atoms with Crippen molar-refractivity contribution in [1.82, 2.24) is 4.90 Å². The second-order valence-corrected chi connectivity index (χ2v) is 7.04. The molecule has 0 heterocycles. The van der Waals surface area contributed by atoms with Crippen LogP contribution in [0.1, 0.15) is 43.6 Å². The topological polar surface area (TPSA) is 46.3 Å². The van der Waals surface area contributed by atoms with Crippen LogP contribution in [0.15, 0.2) is 16.6 Å². The molecule has 1 rings (SSSR count). The first-order valence-electron chi connectivity index (χ1n) is 6.38. The fourth-order valence-electron chi connectivity index (χ4n) is 1.87. The number of hydrogen-bond donors (Lipinski definition) is 1. The molecule has 19 heavy (non-hydrogen) atoms. The number of carbonyl (C=O) groups is 1. The lowest BCUT2D eigenvalue weighted by Gasteiger charge is -2.35. The Morgan fingerprint density at radius 2 is 1.89 bits per heavy atom. The van der Waals surface area contributed by atoms with Gasteiger partial charge in [0.2, 0.25) is 0 Å². The van der Waals surface area contributed by atoms with E-state index in [1.807, 2.05) is 26.1 Å². The average Bonchev–Trinajstić information content (AvgIpc) is 2.29. The van der Waals surface area contributed by atoms with Crippen molar-refractivity contribution in [3.05, 3.63) is 27.7 Å². The van der Waals surface area contributed by atoms with E-state index in [0.717, 1.165) is 10.0 Å². The lowest BCUT2D eigenvalue weighted by Crippen LogP contribution is -2.43. The van der Waals surface area contributed by atoms with Crippen molar-refractivity contribution in [1.29, 1.82) is 0 Å². The highest BCUT2D eigenvalue weighted by atomic mass is 79.9. The summed E-state index contributed by atoms with van der Waals surface area (Å²) in [7, 11) is 1.84. The molecule has 1 unspecified atom stereocenters. The summed E-state index contributed by atoms with van der Waals surface area (Å²) < 4.78 is 0.829. The SMILES string of the molecule is Cc1c(N)cc(Br)cc1C(=O)N(C)C(C)C(C)(C)C. The van der Waals surface area contributed by atoms with E-state index < -0.39 is 0 Å². The molecule has 0 spiro atoms. The molecule has 1 aromatic rings. The smallest absolute Gasteiger partial charge is 0.254 e. The summed E-state index contributed by atoms with van der Waals surface area (Å²) in [6.45, 7) is 10.3. The van der Waals surface area contributed by atoms with Gasteiger partial charge in [-0.3, -0.25) is 4.79 Å².